The van der Waals surface area contributed by atoms with Crippen LogP contribution in [0.25, 0.3) is 77.2 Å². The number of hydrogen-bond donors (Lipinski definition) is 0. The van der Waals surface area contributed by atoms with Gasteiger partial charge < -0.3 is 9.13 Å². The second kappa shape index (κ2) is 10.4. The van der Waals surface area contributed by atoms with Crippen LogP contribution in [0.1, 0.15) is 0 Å². The molecule has 9 rings (SSSR count). The molecule has 212 valence electrons. The Morgan fingerprint density at radius 2 is 0.933 bits per heavy atom. The van der Waals surface area contributed by atoms with E-state index in [1.165, 1.54) is 65.9 Å². The first-order valence-electron chi connectivity index (χ1n) is 15.2. The Hall–Kier alpha value is -5.38. The summed E-state index contributed by atoms with van der Waals surface area (Å²) in [6.45, 7) is 0. The lowest BCUT2D eigenvalue weighted by molar-refractivity contribution is 1.17. The molecule has 0 bridgehead atoms. The monoisotopic (exact) mass is 638 g/mol. The Balaban J connectivity index is 1.33. The SMILES string of the molecule is Brc1ccc2c(c1)n(-c1ccccc1)c1c3ccc(-c4cccc(-c5cccc6ccccc56)c4)cc3n(-c3ccccc3)c21. The van der Waals surface area contributed by atoms with Crippen molar-refractivity contribution in [1.82, 2.24) is 9.13 Å². The molecule has 0 aliphatic carbocycles. The summed E-state index contributed by atoms with van der Waals surface area (Å²) in [7, 11) is 0. The molecule has 3 heteroatoms. The smallest absolute Gasteiger partial charge is 0.0803 e. The predicted octanol–water partition coefficient (Wildman–Crippen LogP) is 12.0. The van der Waals surface area contributed by atoms with Crippen LogP contribution in [0.2, 0.25) is 0 Å². The number of para-hydroxylation sites is 2. The first kappa shape index (κ1) is 26.1. The number of benzene rings is 7. The second-order valence-electron chi connectivity index (χ2n) is 11.5. The number of nitrogens with zero attached hydrogens (tertiary/aromatic N) is 2. The number of fused-ring (bicyclic) bond motifs is 6. The molecular formula is C42H27BrN2. The molecule has 0 unspecified atom stereocenters. The molecule has 0 radical (unpaired) electrons. The molecule has 0 aliphatic heterocycles. The van der Waals surface area contributed by atoms with Crippen molar-refractivity contribution in [3.8, 4) is 33.6 Å². The van der Waals surface area contributed by atoms with Crippen molar-refractivity contribution in [2.75, 3.05) is 0 Å². The van der Waals surface area contributed by atoms with Crippen molar-refractivity contribution in [1.29, 1.82) is 0 Å². The molecule has 0 spiro atoms. The first-order chi connectivity index (χ1) is 22.2. The fourth-order valence-corrected chi connectivity index (χ4v) is 7.32. The minimum atomic E-state index is 1.07. The Bertz CT molecular complexity index is 2530. The van der Waals surface area contributed by atoms with Gasteiger partial charge in [0, 0.05) is 26.6 Å². The van der Waals surface area contributed by atoms with Gasteiger partial charge >= 0.3 is 0 Å². The molecule has 2 heterocycles. The summed E-state index contributed by atoms with van der Waals surface area (Å²) in [5, 5.41) is 4.97. The molecule has 0 saturated carbocycles. The quantitative estimate of drug-likeness (QED) is 0.181. The van der Waals surface area contributed by atoms with Crippen LogP contribution in [0.15, 0.2) is 168 Å². The van der Waals surface area contributed by atoms with Crippen LogP contribution in [-0.4, -0.2) is 9.13 Å². The van der Waals surface area contributed by atoms with E-state index >= 15 is 0 Å². The van der Waals surface area contributed by atoms with Gasteiger partial charge in [0.15, 0.2) is 0 Å². The van der Waals surface area contributed by atoms with E-state index in [0.29, 0.717) is 0 Å². The van der Waals surface area contributed by atoms with Gasteiger partial charge in [-0.3, -0.25) is 0 Å². The normalized spacial score (nSPS) is 11.7. The fourth-order valence-electron chi connectivity index (χ4n) is 6.97. The zero-order valence-corrected chi connectivity index (χ0v) is 25.9. The fraction of sp³-hybridized carbons (Fsp3) is 0. The van der Waals surface area contributed by atoms with E-state index in [1.807, 2.05) is 0 Å². The molecule has 2 aromatic heterocycles. The van der Waals surface area contributed by atoms with E-state index in [2.05, 4.69) is 189 Å². The maximum atomic E-state index is 3.75. The third kappa shape index (κ3) is 4.16. The van der Waals surface area contributed by atoms with E-state index in [0.717, 1.165) is 15.8 Å². The molecule has 0 aliphatic rings. The van der Waals surface area contributed by atoms with E-state index in [9.17, 15) is 0 Å². The van der Waals surface area contributed by atoms with Crippen LogP contribution >= 0.6 is 15.9 Å². The Morgan fingerprint density at radius 1 is 0.378 bits per heavy atom. The Morgan fingerprint density at radius 3 is 1.67 bits per heavy atom. The number of rotatable bonds is 4. The zero-order valence-electron chi connectivity index (χ0n) is 24.4. The van der Waals surface area contributed by atoms with Gasteiger partial charge in [0.1, 0.15) is 0 Å². The third-order valence-corrected chi connectivity index (χ3v) is 9.44. The first-order valence-corrected chi connectivity index (χ1v) is 16.0. The highest BCUT2D eigenvalue weighted by molar-refractivity contribution is 9.10. The second-order valence-corrected chi connectivity index (χ2v) is 12.5. The summed E-state index contributed by atoms with van der Waals surface area (Å²) in [5.74, 6) is 0. The molecule has 0 fully saturated rings. The molecule has 7 aromatic carbocycles. The van der Waals surface area contributed by atoms with Crippen molar-refractivity contribution in [2.45, 2.75) is 0 Å². The van der Waals surface area contributed by atoms with Crippen LogP contribution in [-0.2, 0) is 0 Å². The van der Waals surface area contributed by atoms with Crippen LogP contribution in [0.5, 0.6) is 0 Å². The summed E-state index contributed by atoms with van der Waals surface area (Å²) in [4.78, 5) is 0. The third-order valence-electron chi connectivity index (χ3n) is 8.95. The summed E-state index contributed by atoms with van der Waals surface area (Å²) in [5.41, 5.74) is 12.0. The highest BCUT2D eigenvalue weighted by atomic mass is 79.9. The van der Waals surface area contributed by atoms with Gasteiger partial charge in [-0.05, 0) is 87.6 Å². The van der Waals surface area contributed by atoms with Gasteiger partial charge in [0.05, 0.1) is 22.1 Å². The van der Waals surface area contributed by atoms with Crippen LogP contribution in [0.3, 0.4) is 0 Å². The van der Waals surface area contributed by atoms with E-state index in [-0.39, 0.29) is 0 Å². The standard InChI is InChI=1S/C42H27BrN2/c43-32-22-24-38-40(27-32)45(34-17-5-2-6-18-34)41-37-23-21-30(26-39(37)44(42(38)41)33-15-3-1-4-16-33)29-13-9-14-31(25-29)36-20-10-12-28-11-7-8-19-35(28)36/h1-27H. The summed E-state index contributed by atoms with van der Waals surface area (Å²) in [6, 6.07) is 59.1. The number of aromatic nitrogens is 2. The lowest BCUT2D eigenvalue weighted by Gasteiger charge is -2.12. The van der Waals surface area contributed by atoms with Crippen molar-refractivity contribution < 1.29 is 0 Å². The largest absolute Gasteiger partial charge is 0.307 e. The highest BCUT2D eigenvalue weighted by Gasteiger charge is 2.22. The Labute approximate surface area is 269 Å². The summed E-state index contributed by atoms with van der Waals surface area (Å²) in [6.07, 6.45) is 0. The van der Waals surface area contributed by atoms with E-state index in [1.54, 1.807) is 0 Å². The predicted molar refractivity (Wildman–Crippen MR) is 194 cm³/mol. The average Bonchev–Trinajstić information content (AvgIpc) is 3.60. The van der Waals surface area contributed by atoms with Gasteiger partial charge in [0.2, 0.25) is 0 Å². The van der Waals surface area contributed by atoms with E-state index < -0.39 is 0 Å². The molecule has 45 heavy (non-hydrogen) atoms. The summed E-state index contributed by atoms with van der Waals surface area (Å²) < 4.78 is 5.92. The molecule has 9 aromatic rings. The maximum Gasteiger partial charge on any atom is 0.0803 e. The minimum absolute atomic E-state index is 1.07. The number of hydrogen-bond acceptors (Lipinski definition) is 0. The molecule has 0 atom stereocenters. The zero-order chi connectivity index (χ0) is 29.9. The van der Waals surface area contributed by atoms with Crippen molar-refractivity contribution >= 4 is 59.5 Å². The van der Waals surface area contributed by atoms with Crippen molar-refractivity contribution in [3.05, 3.63) is 168 Å². The maximum absolute atomic E-state index is 3.75. The summed E-state index contributed by atoms with van der Waals surface area (Å²) >= 11 is 3.75. The Kier molecular flexibility index (Phi) is 6.00. The molecule has 2 nitrogen and oxygen atoms in total. The van der Waals surface area contributed by atoms with Gasteiger partial charge in [-0.2, -0.15) is 0 Å². The average molecular weight is 640 g/mol. The molecule has 0 N–H and O–H groups in total. The molecular weight excluding hydrogens is 612 g/mol. The molecule has 0 saturated heterocycles. The van der Waals surface area contributed by atoms with Crippen LogP contribution < -0.4 is 0 Å². The van der Waals surface area contributed by atoms with Crippen LogP contribution in [0, 0.1) is 0 Å². The van der Waals surface area contributed by atoms with Gasteiger partial charge in [-0.15, -0.1) is 0 Å². The molecule has 0 amide bonds. The lowest BCUT2D eigenvalue weighted by atomic mass is 9.95. The minimum Gasteiger partial charge on any atom is -0.307 e. The van der Waals surface area contributed by atoms with Crippen molar-refractivity contribution in [2.24, 2.45) is 0 Å². The lowest BCUT2D eigenvalue weighted by Crippen LogP contribution is -1.94. The van der Waals surface area contributed by atoms with Crippen LogP contribution in [0.4, 0.5) is 0 Å². The highest BCUT2D eigenvalue weighted by Crippen LogP contribution is 2.42. The van der Waals surface area contributed by atoms with Crippen molar-refractivity contribution in [3.63, 3.8) is 0 Å². The topological polar surface area (TPSA) is 9.86 Å². The van der Waals surface area contributed by atoms with Gasteiger partial charge in [-0.1, -0.05) is 125 Å². The number of halogens is 1. The van der Waals surface area contributed by atoms with E-state index in [4.69, 9.17) is 0 Å². The van der Waals surface area contributed by atoms with Gasteiger partial charge in [-0.25, -0.2) is 0 Å². The van der Waals surface area contributed by atoms with Gasteiger partial charge in [0.25, 0.3) is 0 Å².